The van der Waals surface area contributed by atoms with Crippen LogP contribution in [0.4, 0.5) is 19.3 Å². The summed E-state index contributed by atoms with van der Waals surface area (Å²) in [7, 11) is 0. The number of anilines is 1. The van der Waals surface area contributed by atoms with E-state index in [0.717, 1.165) is 38.7 Å². The summed E-state index contributed by atoms with van der Waals surface area (Å²) in [6.07, 6.45) is 4.67. The van der Waals surface area contributed by atoms with E-state index in [1.807, 2.05) is 4.90 Å². The minimum atomic E-state index is -0.828. The van der Waals surface area contributed by atoms with Crippen LogP contribution in [-0.2, 0) is 0 Å². The number of benzene rings is 1. The van der Waals surface area contributed by atoms with Crippen LogP contribution in [0, 0.1) is 17.6 Å². The number of rotatable bonds is 6. The van der Waals surface area contributed by atoms with Crippen LogP contribution in [-0.4, -0.2) is 55.7 Å². The van der Waals surface area contributed by atoms with Gasteiger partial charge in [0.25, 0.3) is 0 Å². The molecule has 0 aliphatic carbocycles. The van der Waals surface area contributed by atoms with E-state index in [2.05, 4.69) is 29.4 Å². The molecule has 156 valence electrons. The molecule has 28 heavy (non-hydrogen) atoms. The first-order chi connectivity index (χ1) is 13.3. The highest BCUT2D eigenvalue weighted by Crippen LogP contribution is 2.25. The van der Waals surface area contributed by atoms with Crippen molar-refractivity contribution in [2.45, 2.75) is 45.1 Å². The first kappa shape index (κ1) is 20.8. The summed E-state index contributed by atoms with van der Waals surface area (Å²) in [4.78, 5) is 16.7. The molecular weight excluding hydrogens is 362 g/mol. The van der Waals surface area contributed by atoms with Crippen molar-refractivity contribution in [2.75, 3.05) is 44.2 Å². The molecule has 2 aliphatic rings. The van der Waals surface area contributed by atoms with Crippen molar-refractivity contribution >= 4 is 11.7 Å². The Kier molecular flexibility index (Phi) is 6.75. The van der Waals surface area contributed by atoms with Crippen LogP contribution in [0.25, 0.3) is 0 Å². The Balaban J connectivity index is 1.39. The molecule has 2 N–H and O–H groups in total. The molecule has 0 spiro atoms. The van der Waals surface area contributed by atoms with Crippen molar-refractivity contribution in [2.24, 2.45) is 5.92 Å². The highest BCUT2D eigenvalue weighted by atomic mass is 19.2. The molecular formula is C21H32F2N4O. The second-order valence-electron chi connectivity index (χ2n) is 8.62. The molecule has 1 aromatic carbocycles. The molecule has 0 bridgehead atoms. The second-order valence-corrected chi connectivity index (χ2v) is 8.62. The van der Waals surface area contributed by atoms with Gasteiger partial charge in [-0.25, -0.2) is 13.6 Å². The van der Waals surface area contributed by atoms with E-state index in [-0.39, 0.29) is 11.6 Å². The van der Waals surface area contributed by atoms with Gasteiger partial charge in [-0.05, 0) is 64.3 Å². The van der Waals surface area contributed by atoms with Gasteiger partial charge in [0.05, 0.1) is 0 Å². The molecule has 2 fully saturated rings. The lowest BCUT2D eigenvalue weighted by Gasteiger charge is -2.41. The van der Waals surface area contributed by atoms with Gasteiger partial charge in [-0.1, -0.05) is 6.42 Å². The minimum absolute atomic E-state index is 0.0470. The van der Waals surface area contributed by atoms with E-state index >= 15 is 0 Å². The lowest BCUT2D eigenvalue weighted by Crippen LogP contribution is -2.54. The fraction of sp³-hybridized carbons (Fsp3) is 0.667. The van der Waals surface area contributed by atoms with Crippen LogP contribution in [0.1, 0.15) is 39.5 Å². The molecule has 2 amide bonds. The van der Waals surface area contributed by atoms with Crippen molar-refractivity contribution in [3.05, 3.63) is 29.8 Å². The van der Waals surface area contributed by atoms with Crippen LogP contribution in [0.5, 0.6) is 0 Å². The molecule has 1 atom stereocenters. The molecule has 0 unspecified atom stereocenters. The fourth-order valence-electron chi connectivity index (χ4n) is 4.12. The maximum Gasteiger partial charge on any atom is 0.314 e. The third kappa shape index (κ3) is 5.34. The number of carbonyl (C=O) groups is 1. The second kappa shape index (κ2) is 9.07. The molecule has 3 rings (SSSR count). The van der Waals surface area contributed by atoms with Gasteiger partial charge < -0.3 is 15.5 Å². The largest absolute Gasteiger partial charge is 0.371 e. The number of piperidine rings is 1. The van der Waals surface area contributed by atoms with Crippen LogP contribution >= 0.6 is 0 Å². The Bertz CT molecular complexity index is 676. The van der Waals surface area contributed by atoms with Crippen LogP contribution in [0.2, 0.25) is 0 Å². The standard InChI is InChI=1S/C21H32F2N4O/c1-21(2,27-9-4-3-5-10-27)15-25-20(28)24-13-16-8-11-26(14-16)17-6-7-18(22)19(23)12-17/h6-7,12,16H,3-5,8-11,13-15H2,1-2H3,(H2,24,25,28)/t16-/m0/s1. The Morgan fingerprint density at radius 1 is 1.11 bits per heavy atom. The third-order valence-corrected chi connectivity index (χ3v) is 6.00. The van der Waals surface area contributed by atoms with Gasteiger partial charge in [0, 0.05) is 43.5 Å². The number of hydrogen-bond acceptors (Lipinski definition) is 3. The summed E-state index contributed by atoms with van der Waals surface area (Å²) >= 11 is 0. The fourth-order valence-corrected chi connectivity index (χ4v) is 4.12. The summed E-state index contributed by atoms with van der Waals surface area (Å²) in [6, 6.07) is 3.86. The maximum absolute atomic E-state index is 13.4. The average Bonchev–Trinajstić information content (AvgIpc) is 3.17. The van der Waals surface area contributed by atoms with Gasteiger partial charge in [0.15, 0.2) is 11.6 Å². The molecule has 0 saturated carbocycles. The number of halogens is 2. The highest BCUT2D eigenvalue weighted by molar-refractivity contribution is 5.73. The van der Waals surface area contributed by atoms with Crippen molar-refractivity contribution in [1.29, 1.82) is 0 Å². The average molecular weight is 395 g/mol. The highest BCUT2D eigenvalue weighted by Gasteiger charge is 2.28. The number of hydrogen-bond donors (Lipinski definition) is 2. The number of nitrogens with one attached hydrogen (secondary N) is 2. The lowest BCUT2D eigenvalue weighted by atomic mass is 9.98. The SMILES string of the molecule is CC(C)(CNC(=O)NC[C@@H]1CCN(c2ccc(F)c(F)c2)C1)N1CCCCC1. The van der Waals surface area contributed by atoms with E-state index in [0.29, 0.717) is 24.7 Å². The summed E-state index contributed by atoms with van der Waals surface area (Å²) in [6.45, 7) is 9.24. The third-order valence-electron chi connectivity index (χ3n) is 6.00. The van der Waals surface area contributed by atoms with Gasteiger partial charge in [-0.3, -0.25) is 4.90 Å². The molecule has 5 nitrogen and oxygen atoms in total. The van der Waals surface area contributed by atoms with Crippen LogP contribution in [0.3, 0.4) is 0 Å². The molecule has 0 radical (unpaired) electrons. The van der Waals surface area contributed by atoms with Gasteiger partial charge in [0.2, 0.25) is 0 Å². The Morgan fingerprint density at radius 2 is 1.86 bits per heavy atom. The summed E-state index contributed by atoms with van der Waals surface area (Å²) < 4.78 is 26.5. The van der Waals surface area contributed by atoms with Crippen molar-refractivity contribution in [3.63, 3.8) is 0 Å². The summed E-state index contributed by atoms with van der Waals surface area (Å²) in [5, 5.41) is 5.97. The van der Waals surface area contributed by atoms with Gasteiger partial charge in [-0.15, -0.1) is 0 Å². The smallest absolute Gasteiger partial charge is 0.314 e. The normalized spacial score (nSPS) is 21.0. The zero-order chi connectivity index (χ0) is 20.1. The first-order valence-corrected chi connectivity index (χ1v) is 10.3. The number of nitrogens with zero attached hydrogens (tertiary/aromatic N) is 2. The van der Waals surface area contributed by atoms with E-state index in [4.69, 9.17) is 0 Å². The summed E-state index contributed by atoms with van der Waals surface area (Å²) in [5.74, 6) is -1.35. The number of urea groups is 1. The summed E-state index contributed by atoms with van der Waals surface area (Å²) in [5.41, 5.74) is 0.642. The predicted octanol–water partition coefficient (Wildman–Crippen LogP) is 3.35. The lowest BCUT2D eigenvalue weighted by molar-refractivity contribution is 0.0960. The first-order valence-electron chi connectivity index (χ1n) is 10.3. The van der Waals surface area contributed by atoms with Crippen molar-refractivity contribution in [3.8, 4) is 0 Å². The Hall–Kier alpha value is -1.89. The van der Waals surface area contributed by atoms with Gasteiger partial charge in [-0.2, -0.15) is 0 Å². The van der Waals surface area contributed by atoms with Crippen molar-refractivity contribution in [1.82, 2.24) is 15.5 Å². The Morgan fingerprint density at radius 3 is 2.57 bits per heavy atom. The maximum atomic E-state index is 13.4. The quantitative estimate of drug-likeness (QED) is 0.778. The Labute approximate surface area is 166 Å². The molecule has 2 heterocycles. The molecule has 7 heteroatoms. The predicted molar refractivity (Wildman–Crippen MR) is 108 cm³/mol. The number of amides is 2. The van der Waals surface area contributed by atoms with Crippen molar-refractivity contribution < 1.29 is 13.6 Å². The van der Waals surface area contributed by atoms with Crippen LogP contribution < -0.4 is 15.5 Å². The topological polar surface area (TPSA) is 47.6 Å². The van der Waals surface area contributed by atoms with E-state index in [1.54, 1.807) is 6.07 Å². The van der Waals surface area contributed by atoms with Gasteiger partial charge >= 0.3 is 6.03 Å². The van der Waals surface area contributed by atoms with E-state index in [9.17, 15) is 13.6 Å². The van der Waals surface area contributed by atoms with E-state index in [1.165, 1.54) is 25.3 Å². The zero-order valence-electron chi connectivity index (χ0n) is 16.9. The molecule has 1 aromatic rings. The number of carbonyl (C=O) groups excluding carboxylic acids is 1. The monoisotopic (exact) mass is 394 g/mol. The molecule has 0 aromatic heterocycles. The zero-order valence-corrected chi connectivity index (χ0v) is 16.9. The van der Waals surface area contributed by atoms with E-state index < -0.39 is 11.6 Å². The molecule has 2 saturated heterocycles. The molecule has 2 aliphatic heterocycles. The minimum Gasteiger partial charge on any atom is -0.371 e. The van der Waals surface area contributed by atoms with Crippen LogP contribution in [0.15, 0.2) is 18.2 Å². The van der Waals surface area contributed by atoms with Gasteiger partial charge in [0.1, 0.15) is 0 Å². The number of likely N-dealkylation sites (tertiary alicyclic amines) is 1.